The number of nitrogens with zero attached hydrogens (tertiary/aromatic N) is 2. The zero-order valence-electron chi connectivity index (χ0n) is 16.6. The molecule has 27 heavy (non-hydrogen) atoms. The number of benzene rings is 2. The number of aliphatic imine (C=N–C) groups is 1. The molecule has 7 heteroatoms. The SMILES string of the molecule is CCN(CC)S(=O)(=O)CCNC(=NC)NC(C)c1ccc2ccccc2c1. The lowest BCUT2D eigenvalue weighted by Crippen LogP contribution is -2.42. The highest BCUT2D eigenvalue weighted by Crippen LogP contribution is 2.20. The molecule has 0 aromatic heterocycles. The average molecular weight is 391 g/mol. The highest BCUT2D eigenvalue weighted by Gasteiger charge is 2.18. The lowest BCUT2D eigenvalue weighted by Gasteiger charge is -2.21. The first-order valence-electron chi connectivity index (χ1n) is 9.35. The Kier molecular flexibility index (Phi) is 7.62. The second-order valence-corrected chi connectivity index (χ2v) is 8.46. The van der Waals surface area contributed by atoms with E-state index in [0.29, 0.717) is 25.6 Å². The number of nitrogens with one attached hydrogen (secondary N) is 2. The molecule has 2 aromatic carbocycles. The summed E-state index contributed by atoms with van der Waals surface area (Å²) in [5, 5.41) is 8.82. The Hall–Kier alpha value is -2.12. The average Bonchev–Trinajstić information content (AvgIpc) is 2.67. The van der Waals surface area contributed by atoms with Crippen LogP contribution in [0.2, 0.25) is 0 Å². The third-order valence-corrected chi connectivity index (χ3v) is 6.62. The fourth-order valence-electron chi connectivity index (χ4n) is 3.00. The Morgan fingerprint density at radius 3 is 2.41 bits per heavy atom. The van der Waals surface area contributed by atoms with E-state index in [-0.39, 0.29) is 11.8 Å². The molecule has 1 atom stereocenters. The maximum Gasteiger partial charge on any atom is 0.215 e. The van der Waals surface area contributed by atoms with Gasteiger partial charge in [-0.25, -0.2) is 12.7 Å². The molecule has 1 unspecified atom stereocenters. The molecule has 0 saturated heterocycles. The lowest BCUT2D eigenvalue weighted by atomic mass is 10.0. The van der Waals surface area contributed by atoms with E-state index in [1.165, 1.54) is 15.1 Å². The summed E-state index contributed by atoms with van der Waals surface area (Å²) in [4.78, 5) is 4.21. The van der Waals surface area contributed by atoms with E-state index in [1.54, 1.807) is 7.05 Å². The van der Waals surface area contributed by atoms with Crippen molar-refractivity contribution in [2.24, 2.45) is 4.99 Å². The van der Waals surface area contributed by atoms with Gasteiger partial charge in [0.15, 0.2) is 5.96 Å². The van der Waals surface area contributed by atoms with E-state index in [1.807, 2.05) is 26.0 Å². The first kappa shape index (κ1) is 21.2. The normalized spacial score (nSPS) is 13.7. The van der Waals surface area contributed by atoms with Crippen LogP contribution in [-0.4, -0.2) is 51.1 Å². The summed E-state index contributed by atoms with van der Waals surface area (Å²) in [5.74, 6) is 0.630. The van der Waals surface area contributed by atoms with Crippen LogP contribution in [0, 0.1) is 0 Å². The molecular weight excluding hydrogens is 360 g/mol. The molecule has 0 spiro atoms. The maximum absolute atomic E-state index is 12.3. The molecular formula is C20H30N4O2S. The molecule has 2 N–H and O–H groups in total. The topological polar surface area (TPSA) is 73.8 Å². The van der Waals surface area contributed by atoms with Crippen molar-refractivity contribution in [3.8, 4) is 0 Å². The molecule has 0 aliphatic heterocycles. The van der Waals surface area contributed by atoms with E-state index < -0.39 is 10.0 Å². The number of guanidine groups is 1. The van der Waals surface area contributed by atoms with E-state index in [9.17, 15) is 8.42 Å². The van der Waals surface area contributed by atoms with Crippen molar-refractivity contribution in [3.05, 3.63) is 48.0 Å². The third kappa shape index (κ3) is 5.68. The number of hydrogen-bond donors (Lipinski definition) is 2. The summed E-state index contributed by atoms with van der Waals surface area (Å²) in [6, 6.07) is 14.6. The minimum Gasteiger partial charge on any atom is -0.355 e. The molecule has 0 aliphatic carbocycles. The highest BCUT2D eigenvalue weighted by atomic mass is 32.2. The number of fused-ring (bicyclic) bond motifs is 1. The molecule has 0 bridgehead atoms. The van der Waals surface area contributed by atoms with Crippen molar-refractivity contribution in [1.29, 1.82) is 0 Å². The summed E-state index contributed by atoms with van der Waals surface area (Å²) in [6.07, 6.45) is 0. The Labute approximate surface area is 162 Å². The first-order valence-corrected chi connectivity index (χ1v) is 11.0. The predicted octanol–water partition coefficient (Wildman–Crippen LogP) is 2.74. The summed E-state index contributed by atoms with van der Waals surface area (Å²) in [5.41, 5.74) is 1.15. The fourth-order valence-corrected chi connectivity index (χ4v) is 4.41. The van der Waals surface area contributed by atoms with Gasteiger partial charge in [-0.2, -0.15) is 0 Å². The minimum atomic E-state index is -3.24. The van der Waals surface area contributed by atoms with E-state index in [4.69, 9.17) is 0 Å². The van der Waals surface area contributed by atoms with Crippen LogP contribution in [0.4, 0.5) is 0 Å². The van der Waals surface area contributed by atoms with Crippen molar-refractivity contribution >= 4 is 26.8 Å². The van der Waals surface area contributed by atoms with Gasteiger partial charge in [0, 0.05) is 26.7 Å². The van der Waals surface area contributed by atoms with Crippen molar-refractivity contribution < 1.29 is 8.42 Å². The van der Waals surface area contributed by atoms with Gasteiger partial charge in [-0.3, -0.25) is 4.99 Å². The second-order valence-electron chi connectivity index (χ2n) is 6.37. The Bertz CT molecular complexity index is 876. The van der Waals surface area contributed by atoms with Crippen LogP contribution in [0.5, 0.6) is 0 Å². The van der Waals surface area contributed by atoms with Gasteiger partial charge >= 0.3 is 0 Å². The van der Waals surface area contributed by atoms with Gasteiger partial charge in [0.1, 0.15) is 0 Å². The Morgan fingerprint density at radius 2 is 1.78 bits per heavy atom. The lowest BCUT2D eigenvalue weighted by molar-refractivity contribution is 0.445. The van der Waals surface area contributed by atoms with Gasteiger partial charge in [-0.15, -0.1) is 0 Å². The minimum absolute atomic E-state index is 0.0414. The van der Waals surface area contributed by atoms with Crippen LogP contribution in [0.3, 0.4) is 0 Å². The van der Waals surface area contributed by atoms with E-state index in [2.05, 4.69) is 52.9 Å². The summed E-state index contributed by atoms with van der Waals surface area (Å²) in [6.45, 7) is 7.04. The molecule has 0 saturated carbocycles. The molecule has 2 aromatic rings. The van der Waals surface area contributed by atoms with Crippen LogP contribution in [0.1, 0.15) is 32.4 Å². The van der Waals surface area contributed by atoms with Crippen molar-refractivity contribution in [2.75, 3.05) is 32.4 Å². The fraction of sp³-hybridized carbons (Fsp3) is 0.450. The third-order valence-electron chi connectivity index (χ3n) is 4.60. The molecule has 148 valence electrons. The maximum atomic E-state index is 12.3. The van der Waals surface area contributed by atoms with Crippen LogP contribution >= 0.6 is 0 Å². The smallest absolute Gasteiger partial charge is 0.215 e. The van der Waals surface area contributed by atoms with Crippen molar-refractivity contribution in [1.82, 2.24) is 14.9 Å². The molecule has 0 heterocycles. The molecule has 2 rings (SSSR count). The Morgan fingerprint density at radius 1 is 1.11 bits per heavy atom. The molecule has 0 amide bonds. The number of hydrogen-bond acceptors (Lipinski definition) is 3. The molecule has 0 fully saturated rings. The van der Waals surface area contributed by atoms with Gasteiger partial charge in [0.25, 0.3) is 0 Å². The van der Waals surface area contributed by atoms with Crippen LogP contribution < -0.4 is 10.6 Å². The quantitative estimate of drug-likeness (QED) is 0.537. The standard InChI is InChI=1S/C20H30N4O2S/c1-5-24(6-2)27(25,26)14-13-22-20(21-4)23-16(3)18-12-11-17-9-7-8-10-19(17)15-18/h7-12,15-16H,5-6,13-14H2,1-4H3,(H2,21,22,23). The zero-order chi connectivity index (χ0) is 19.9. The van der Waals surface area contributed by atoms with Crippen LogP contribution in [-0.2, 0) is 10.0 Å². The first-order chi connectivity index (χ1) is 12.9. The van der Waals surface area contributed by atoms with E-state index in [0.717, 1.165) is 5.56 Å². The number of rotatable bonds is 8. The summed E-state index contributed by atoms with van der Waals surface area (Å²) >= 11 is 0. The van der Waals surface area contributed by atoms with Crippen LogP contribution in [0.25, 0.3) is 10.8 Å². The largest absolute Gasteiger partial charge is 0.355 e. The molecule has 0 radical (unpaired) electrons. The van der Waals surface area contributed by atoms with Gasteiger partial charge in [0.05, 0.1) is 11.8 Å². The zero-order valence-corrected chi connectivity index (χ0v) is 17.4. The highest BCUT2D eigenvalue weighted by molar-refractivity contribution is 7.89. The molecule has 6 nitrogen and oxygen atoms in total. The summed E-state index contributed by atoms with van der Waals surface area (Å²) in [7, 11) is -1.56. The summed E-state index contributed by atoms with van der Waals surface area (Å²) < 4.78 is 26.0. The Balaban J connectivity index is 1.95. The van der Waals surface area contributed by atoms with E-state index >= 15 is 0 Å². The van der Waals surface area contributed by atoms with Gasteiger partial charge in [-0.05, 0) is 29.3 Å². The van der Waals surface area contributed by atoms with Crippen molar-refractivity contribution in [3.63, 3.8) is 0 Å². The second kappa shape index (κ2) is 9.71. The van der Waals surface area contributed by atoms with Crippen molar-refractivity contribution in [2.45, 2.75) is 26.8 Å². The van der Waals surface area contributed by atoms with Crippen LogP contribution in [0.15, 0.2) is 47.5 Å². The molecule has 0 aliphatic rings. The number of sulfonamides is 1. The van der Waals surface area contributed by atoms with Gasteiger partial charge < -0.3 is 10.6 Å². The van der Waals surface area contributed by atoms with Gasteiger partial charge in [0.2, 0.25) is 10.0 Å². The monoisotopic (exact) mass is 390 g/mol. The predicted molar refractivity (Wildman–Crippen MR) is 114 cm³/mol. The van der Waals surface area contributed by atoms with Gasteiger partial charge in [-0.1, -0.05) is 50.2 Å².